The van der Waals surface area contributed by atoms with Crippen molar-refractivity contribution < 1.29 is 9.53 Å². The predicted molar refractivity (Wildman–Crippen MR) is 91.7 cm³/mol. The van der Waals surface area contributed by atoms with Crippen molar-refractivity contribution in [2.45, 2.75) is 51.1 Å². The van der Waals surface area contributed by atoms with E-state index in [1.54, 1.807) is 7.11 Å². The molecular weight excluding hydrogens is 302 g/mol. The maximum Gasteiger partial charge on any atom is 0.222 e. The number of likely N-dealkylation sites (tertiary alicyclic amines) is 2. The lowest BCUT2D eigenvalue weighted by atomic mass is 9.73. The third-order valence-corrected chi connectivity index (χ3v) is 5.83. The largest absolute Gasteiger partial charge is 0.497 e. The number of nitrogens with zero attached hydrogens (tertiary/aromatic N) is 3. The molecule has 0 radical (unpaired) electrons. The van der Waals surface area contributed by atoms with E-state index in [9.17, 15) is 4.79 Å². The summed E-state index contributed by atoms with van der Waals surface area (Å²) in [5.41, 5.74) is 1.37. The van der Waals surface area contributed by atoms with Gasteiger partial charge in [0.05, 0.1) is 12.8 Å². The second kappa shape index (κ2) is 6.36. The highest BCUT2D eigenvalue weighted by atomic mass is 16.5. The summed E-state index contributed by atoms with van der Waals surface area (Å²) in [6.07, 6.45) is 8.50. The number of ether oxygens (including phenoxy) is 1. The van der Waals surface area contributed by atoms with Crippen molar-refractivity contribution >= 4 is 5.91 Å². The quantitative estimate of drug-likeness (QED) is 0.851. The van der Waals surface area contributed by atoms with Crippen LogP contribution in [0.5, 0.6) is 5.75 Å². The average molecular weight is 329 g/mol. The number of piperidine rings is 2. The third-order valence-electron chi connectivity index (χ3n) is 5.83. The first-order valence-electron chi connectivity index (χ1n) is 9.18. The Morgan fingerprint density at radius 2 is 2.21 bits per heavy atom. The van der Waals surface area contributed by atoms with Gasteiger partial charge in [-0.05, 0) is 44.7 Å². The molecule has 130 valence electrons. The summed E-state index contributed by atoms with van der Waals surface area (Å²) in [7, 11) is 1.69. The monoisotopic (exact) mass is 329 g/mol. The van der Waals surface area contributed by atoms with E-state index in [1.807, 2.05) is 18.3 Å². The molecule has 1 saturated carbocycles. The van der Waals surface area contributed by atoms with Gasteiger partial charge in [0.15, 0.2) is 0 Å². The zero-order valence-electron chi connectivity index (χ0n) is 14.5. The lowest BCUT2D eigenvalue weighted by molar-refractivity contribution is -0.140. The van der Waals surface area contributed by atoms with Crippen LogP contribution in [0.3, 0.4) is 0 Å². The first kappa shape index (κ1) is 15.9. The van der Waals surface area contributed by atoms with Crippen LogP contribution < -0.4 is 4.74 Å². The van der Waals surface area contributed by atoms with E-state index in [2.05, 4.69) is 14.8 Å². The Morgan fingerprint density at radius 1 is 1.33 bits per heavy atom. The number of carbonyl (C=O) groups excluding carboxylic acids is 1. The average Bonchev–Trinajstić information content (AvgIpc) is 3.43. The SMILES string of the molecule is COc1ccnc(CN2CCC[C@@]3(CCC(=O)N(C4CC4)C3)C2)c1. The van der Waals surface area contributed by atoms with Gasteiger partial charge in [-0.25, -0.2) is 0 Å². The van der Waals surface area contributed by atoms with Crippen molar-refractivity contribution in [2.24, 2.45) is 5.41 Å². The molecule has 0 bridgehead atoms. The molecule has 3 aliphatic rings. The summed E-state index contributed by atoms with van der Waals surface area (Å²) >= 11 is 0. The van der Waals surface area contributed by atoms with Crippen molar-refractivity contribution in [2.75, 3.05) is 26.7 Å². The van der Waals surface area contributed by atoms with Gasteiger partial charge in [-0.3, -0.25) is 14.7 Å². The Bertz CT molecular complexity index is 616. The minimum Gasteiger partial charge on any atom is -0.497 e. The molecule has 5 heteroatoms. The van der Waals surface area contributed by atoms with Gasteiger partial charge in [0.2, 0.25) is 5.91 Å². The molecule has 4 rings (SSSR count). The van der Waals surface area contributed by atoms with E-state index in [1.165, 1.54) is 25.7 Å². The molecule has 1 atom stereocenters. The van der Waals surface area contributed by atoms with Crippen LogP contribution in [0.25, 0.3) is 0 Å². The van der Waals surface area contributed by atoms with Crippen molar-refractivity contribution in [3.05, 3.63) is 24.0 Å². The second-order valence-electron chi connectivity index (χ2n) is 7.75. The van der Waals surface area contributed by atoms with E-state index in [0.29, 0.717) is 17.4 Å². The Hall–Kier alpha value is -1.62. The number of aromatic nitrogens is 1. The lowest BCUT2D eigenvalue weighted by Gasteiger charge is -2.48. The summed E-state index contributed by atoms with van der Waals surface area (Å²) in [6, 6.07) is 4.47. The highest BCUT2D eigenvalue weighted by molar-refractivity contribution is 5.78. The van der Waals surface area contributed by atoms with Crippen molar-refractivity contribution in [3.8, 4) is 5.75 Å². The van der Waals surface area contributed by atoms with Crippen LogP contribution in [-0.4, -0.2) is 53.5 Å². The standard InChI is InChI=1S/C19H27N3O2/c1-24-17-6-9-20-15(11-17)12-21-10-2-7-19(13-21)8-5-18(23)22(14-19)16-3-4-16/h6,9,11,16H,2-5,7-8,10,12-14H2,1H3/t19-/m1/s1. The van der Waals surface area contributed by atoms with Gasteiger partial charge in [0.1, 0.15) is 5.75 Å². The van der Waals surface area contributed by atoms with Crippen LogP contribution in [0.4, 0.5) is 0 Å². The second-order valence-corrected chi connectivity index (χ2v) is 7.75. The molecule has 0 aromatic carbocycles. The summed E-state index contributed by atoms with van der Waals surface area (Å²) in [5.74, 6) is 1.25. The van der Waals surface area contributed by atoms with Crippen LogP contribution >= 0.6 is 0 Å². The first-order chi connectivity index (χ1) is 11.7. The minimum atomic E-state index is 0.299. The smallest absolute Gasteiger partial charge is 0.222 e. The van der Waals surface area contributed by atoms with E-state index in [4.69, 9.17) is 4.74 Å². The summed E-state index contributed by atoms with van der Waals surface area (Å²) in [6.45, 7) is 4.05. The normalized spacial score (nSPS) is 28.4. The highest BCUT2D eigenvalue weighted by Gasteiger charge is 2.45. The van der Waals surface area contributed by atoms with E-state index >= 15 is 0 Å². The Labute approximate surface area is 144 Å². The molecule has 24 heavy (non-hydrogen) atoms. The molecule has 1 aliphatic carbocycles. The van der Waals surface area contributed by atoms with Crippen molar-refractivity contribution in [1.29, 1.82) is 0 Å². The van der Waals surface area contributed by atoms with Gasteiger partial charge in [-0.2, -0.15) is 0 Å². The molecule has 2 aliphatic heterocycles. The molecule has 3 fully saturated rings. The number of rotatable bonds is 4. The van der Waals surface area contributed by atoms with Gasteiger partial charge >= 0.3 is 0 Å². The van der Waals surface area contributed by atoms with Crippen LogP contribution in [0.1, 0.15) is 44.2 Å². The van der Waals surface area contributed by atoms with Gasteiger partial charge in [0.25, 0.3) is 0 Å². The Kier molecular flexibility index (Phi) is 4.21. The fourth-order valence-corrected chi connectivity index (χ4v) is 4.44. The van der Waals surface area contributed by atoms with E-state index in [-0.39, 0.29) is 0 Å². The lowest BCUT2D eigenvalue weighted by Crippen LogP contribution is -2.54. The van der Waals surface area contributed by atoms with Crippen LogP contribution in [-0.2, 0) is 11.3 Å². The fraction of sp³-hybridized carbons (Fsp3) is 0.684. The molecule has 2 saturated heterocycles. The maximum absolute atomic E-state index is 12.2. The van der Waals surface area contributed by atoms with E-state index in [0.717, 1.165) is 50.5 Å². The van der Waals surface area contributed by atoms with Crippen molar-refractivity contribution in [3.63, 3.8) is 0 Å². The Morgan fingerprint density at radius 3 is 3.00 bits per heavy atom. The van der Waals surface area contributed by atoms with Crippen molar-refractivity contribution in [1.82, 2.24) is 14.8 Å². The number of carbonyl (C=O) groups is 1. The first-order valence-corrected chi connectivity index (χ1v) is 9.18. The van der Waals surface area contributed by atoms with Gasteiger partial charge in [-0.1, -0.05) is 0 Å². The molecule has 1 spiro atoms. The number of methoxy groups -OCH3 is 1. The minimum absolute atomic E-state index is 0.299. The van der Waals surface area contributed by atoms with Gasteiger partial charge < -0.3 is 9.64 Å². The highest BCUT2D eigenvalue weighted by Crippen LogP contribution is 2.42. The van der Waals surface area contributed by atoms with Crippen LogP contribution in [0.2, 0.25) is 0 Å². The number of amides is 1. The predicted octanol–water partition coefficient (Wildman–Crippen LogP) is 2.46. The summed E-state index contributed by atoms with van der Waals surface area (Å²) in [4.78, 5) is 21.4. The third kappa shape index (κ3) is 3.27. The van der Waals surface area contributed by atoms with Crippen LogP contribution in [0.15, 0.2) is 18.3 Å². The molecule has 1 aromatic heterocycles. The molecular formula is C19H27N3O2. The van der Waals surface area contributed by atoms with E-state index < -0.39 is 0 Å². The summed E-state index contributed by atoms with van der Waals surface area (Å²) < 4.78 is 5.31. The molecule has 1 amide bonds. The van der Waals surface area contributed by atoms with Crippen LogP contribution in [0, 0.1) is 5.41 Å². The van der Waals surface area contributed by atoms with Gasteiger partial charge in [-0.15, -0.1) is 0 Å². The molecule has 3 heterocycles. The summed E-state index contributed by atoms with van der Waals surface area (Å²) in [5, 5.41) is 0. The number of pyridine rings is 1. The molecule has 0 unspecified atom stereocenters. The number of hydrogen-bond acceptors (Lipinski definition) is 4. The van der Waals surface area contributed by atoms with Gasteiger partial charge in [0, 0.05) is 49.8 Å². The zero-order valence-corrected chi connectivity index (χ0v) is 14.5. The Balaban J connectivity index is 1.44. The zero-order chi connectivity index (χ0) is 16.6. The maximum atomic E-state index is 12.2. The topological polar surface area (TPSA) is 45.7 Å². The molecule has 5 nitrogen and oxygen atoms in total. The number of hydrogen-bond donors (Lipinski definition) is 0. The fourth-order valence-electron chi connectivity index (χ4n) is 4.44. The molecule has 0 N–H and O–H groups in total. The molecule has 1 aromatic rings.